The zero-order chi connectivity index (χ0) is 13.7. The van der Waals surface area contributed by atoms with E-state index in [9.17, 15) is 0 Å². The quantitative estimate of drug-likeness (QED) is 0.886. The highest BCUT2D eigenvalue weighted by molar-refractivity contribution is 5.13. The number of nitrogens with zero attached hydrogens (tertiary/aromatic N) is 2. The van der Waals surface area contributed by atoms with Crippen LogP contribution < -0.4 is 5.73 Å². The van der Waals surface area contributed by atoms with E-state index in [1.165, 1.54) is 37.8 Å². The van der Waals surface area contributed by atoms with E-state index >= 15 is 0 Å². The van der Waals surface area contributed by atoms with Gasteiger partial charge in [0, 0.05) is 31.0 Å². The molecule has 1 fully saturated rings. The summed E-state index contributed by atoms with van der Waals surface area (Å²) >= 11 is 0. The molecule has 0 aromatic carbocycles. The van der Waals surface area contributed by atoms with Crippen molar-refractivity contribution in [2.24, 2.45) is 11.7 Å². The number of hydrogen-bond donors (Lipinski definition) is 1. The Bertz CT molecular complexity index is 358. The van der Waals surface area contributed by atoms with Gasteiger partial charge in [-0.2, -0.15) is 0 Å². The highest BCUT2D eigenvalue weighted by Crippen LogP contribution is 2.28. The maximum atomic E-state index is 5.98. The second-order valence-corrected chi connectivity index (χ2v) is 5.93. The average molecular weight is 261 g/mol. The van der Waals surface area contributed by atoms with Crippen LogP contribution in [0.5, 0.6) is 0 Å². The molecule has 1 aliphatic carbocycles. The second-order valence-electron chi connectivity index (χ2n) is 5.93. The number of aromatic nitrogens is 1. The normalized spacial score (nSPS) is 25.5. The number of pyridine rings is 1. The molecule has 0 amide bonds. The van der Waals surface area contributed by atoms with Gasteiger partial charge in [0.15, 0.2) is 0 Å². The molecule has 0 unspecified atom stereocenters. The Morgan fingerprint density at radius 1 is 1.37 bits per heavy atom. The lowest BCUT2D eigenvalue weighted by Gasteiger charge is -2.33. The molecule has 1 aromatic rings. The van der Waals surface area contributed by atoms with E-state index in [0.717, 1.165) is 12.3 Å². The average Bonchev–Trinajstić information content (AvgIpc) is 2.43. The van der Waals surface area contributed by atoms with E-state index in [1.54, 1.807) is 0 Å². The van der Waals surface area contributed by atoms with Gasteiger partial charge in [-0.05, 0) is 56.7 Å². The molecular weight excluding hydrogens is 234 g/mol. The molecule has 2 N–H and O–H groups in total. The third kappa shape index (κ3) is 4.02. The third-order valence-corrected chi connectivity index (χ3v) is 4.43. The van der Waals surface area contributed by atoms with Crippen molar-refractivity contribution in [3.8, 4) is 0 Å². The van der Waals surface area contributed by atoms with Crippen molar-refractivity contribution < 1.29 is 0 Å². The molecule has 1 aromatic heterocycles. The molecule has 0 saturated heterocycles. The van der Waals surface area contributed by atoms with Crippen LogP contribution in [0.3, 0.4) is 0 Å². The van der Waals surface area contributed by atoms with E-state index in [4.69, 9.17) is 5.73 Å². The largest absolute Gasteiger partial charge is 0.328 e. The molecule has 0 radical (unpaired) electrons. The van der Waals surface area contributed by atoms with Gasteiger partial charge in [0.1, 0.15) is 0 Å². The molecular formula is C16H27N3. The summed E-state index contributed by atoms with van der Waals surface area (Å²) < 4.78 is 0. The first kappa shape index (κ1) is 14.5. The zero-order valence-electron chi connectivity index (χ0n) is 12.3. The molecule has 1 saturated carbocycles. The Hall–Kier alpha value is -0.930. The van der Waals surface area contributed by atoms with Crippen molar-refractivity contribution in [3.05, 3.63) is 30.1 Å². The Morgan fingerprint density at radius 3 is 2.68 bits per heavy atom. The molecule has 1 heterocycles. The van der Waals surface area contributed by atoms with Crippen molar-refractivity contribution in [1.82, 2.24) is 9.88 Å². The summed E-state index contributed by atoms with van der Waals surface area (Å²) in [6.07, 6.45) is 9.95. The van der Waals surface area contributed by atoms with Crippen LogP contribution >= 0.6 is 0 Å². The van der Waals surface area contributed by atoms with Crippen molar-refractivity contribution in [2.75, 3.05) is 13.6 Å². The van der Waals surface area contributed by atoms with Crippen molar-refractivity contribution in [2.45, 2.75) is 51.1 Å². The molecule has 3 nitrogen and oxygen atoms in total. The van der Waals surface area contributed by atoms with Gasteiger partial charge in [-0.3, -0.25) is 9.88 Å². The first-order valence-electron chi connectivity index (χ1n) is 7.56. The molecule has 106 valence electrons. The van der Waals surface area contributed by atoms with Crippen LogP contribution in [0.15, 0.2) is 24.5 Å². The van der Waals surface area contributed by atoms with E-state index in [-0.39, 0.29) is 0 Å². The lowest BCUT2D eigenvalue weighted by atomic mass is 9.86. The molecule has 0 bridgehead atoms. The summed E-state index contributed by atoms with van der Waals surface area (Å²) in [5, 5.41) is 0. The molecule has 1 atom stereocenters. The predicted octanol–water partition coefficient (Wildman–Crippen LogP) is 2.98. The summed E-state index contributed by atoms with van der Waals surface area (Å²) in [6, 6.07) is 5.16. The van der Waals surface area contributed by atoms with Crippen molar-refractivity contribution >= 4 is 0 Å². The maximum absolute atomic E-state index is 5.98. The van der Waals surface area contributed by atoms with Crippen LogP contribution in [0.2, 0.25) is 0 Å². The summed E-state index contributed by atoms with van der Waals surface area (Å²) in [5.74, 6) is 0.815. The summed E-state index contributed by atoms with van der Waals surface area (Å²) in [5.41, 5.74) is 7.32. The van der Waals surface area contributed by atoms with Crippen molar-refractivity contribution in [3.63, 3.8) is 0 Å². The molecule has 2 rings (SSSR count). The first-order chi connectivity index (χ1) is 9.20. The molecule has 3 heteroatoms. The van der Waals surface area contributed by atoms with E-state index in [1.807, 2.05) is 18.5 Å². The fraction of sp³-hybridized carbons (Fsp3) is 0.688. The minimum absolute atomic E-state index is 0.446. The Balaban J connectivity index is 1.92. The maximum Gasteiger partial charge on any atom is 0.0357 e. The first-order valence-corrected chi connectivity index (χ1v) is 7.56. The second kappa shape index (κ2) is 7.01. The highest BCUT2D eigenvalue weighted by atomic mass is 15.1. The Kier molecular flexibility index (Phi) is 5.34. The van der Waals surface area contributed by atoms with Gasteiger partial charge in [-0.15, -0.1) is 0 Å². The minimum atomic E-state index is 0.446. The number of hydrogen-bond acceptors (Lipinski definition) is 3. The lowest BCUT2D eigenvalue weighted by molar-refractivity contribution is 0.173. The predicted molar refractivity (Wildman–Crippen MR) is 79.8 cm³/mol. The fourth-order valence-electron chi connectivity index (χ4n) is 3.28. The van der Waals surface area contributed by atoms with Gasteiger partial charge in [-0.25, -0.2) is 0 Å². The third-order valence-electron chi connectivity index (χ3n) is 4.43. The van der Waals surface area contributed by atoms with Gasteiger partial charge in [0.2, 0.25) is 0 Å². The van der Waals surface area contributed by atoms with Crippen LogP contribution in [-0.2, 0) is 0 Å². The minimum Gasteiger partial charge on any atom is -0.328 e. The molecule has 19 heavy (non-hydrogen) atoms. The summed E-state index contributed by atoms with van der Waals surface area (Å²) in [6.45, 7) is 3.44. The Labute approximate surface area is 117 Å². The van der Waals surface area contributed by atoms with Crippen LogP contribution in [-0.4, -0.2) is 29.5 Å². The zero-order valence-corrected chi connectivity index (χ0v) is 12.3. The van der Waals surface area contributed by atoms with E-state index in [0.29, 0.717) is 12.1 Å². The van der Waals surface area contributed by atoms with Crippen LogP contribution in [0.1, 0.15) is 50.6 Å². The van der Waals surface area contributed by atoms with Gasteiger partial charge >= 0.3 is 0 Å². The number of rotatable bonds is 5. The van der Waals surface area contributed by atoms with Crippen LogP contribution in [0.4, 0.5) is 0 Å². The van der Waals surface area contributed by atoms with Crippen molar-refractivity contribution in [1.29, 1.82) is 0 Å². The molecule has 0 aliphatic heterocycles. The van der Waals surface area contributed by atoms with Gasteiger partial charge in [-0.1, -0.05) is 13.0 Å². The number of nitrogens with two attached hydrogens (primary N) is 1. The Morgan fingerprint density at radius 2 is 2.11 bits per heavy atom. The highest BCUT2D eigenvalue weighted by Gasteiger charge is 2.23. The van der Waals surface area contributed by atoms with Gasteiger partial charge in [0.05, 0.1) is 0 Å². The summed E-state index contributed by atoms with van der Waals surface area (Å²) in [4.78, 5) is 6.75. The monoisotopic (exact) mass is 261 g/mol. The van der Waals surface area contributed by atoms with Crippen LogP contribution in [0, 0.1) is 5.92 Å². The lowest BCUT2D eigenvalue weighted by Crippen LogP contribution is -2.34. The van der Waals surface area contributed by atoms with Gasteiger partial charge in [0.25, 0.3) is 0 Å². The smallest absolute Gasteiger partial charge is 0.0357 e. The SMILES string of the molecule is CC[C@@H](c1cccnc1)N(C)CC1CCC(N)CC1. The summed E-state index contributed by atoms with van der Waals surface area (Å²) in [7, 11) is 2.25. The molecule has 0 spiro atoms. The van der Waals surface area contributed by atoms with E-state index < -0.39 is 0 Å². The topological polar surface area (TPSA) is 42.2 Å². The van der Waals surface area contributed by atoms with E-state index in [2.05, 4.69) is 29.9 Å². The van der Waals surface area contributed by atoms with Gasteiger partial charge < -0.3 is 5.73 Å². The standard InChI is InChI=1S/C16H27N3/c1-3-16(14-5-4-10-18-11-14)19(2)12-13-6-8-15(17)9-7-13/h4-5,10-11,13,15-16H,3,6-9,12,17H2,1-2H3/t13?,15?,16-/m0/s1. The fourth-order valence-corrected chi connectivity index (χ4v) is 3.28. The van der Waals surface area contributed by atoms with Crippen LogP contribution in [0.25, 0.3) is 0 Å². The molecule has 1 aliphatic rings.